The first-order chi connectivity index (χ1) is 8.65. The number of aromatic amines is 1. The number of nitrogens with zero attached hydrogens (tertiary/aromatic N) is 1. The Morgan fingerprint density at radius 3 is 2.78 bits per heavy atom. The number of hydrogen-bond acceptors (Lipinski definition) is 3. The predicted octanol–water partition coefficient (Wildman–Crippen LogP) is 2.78. The summed E-state index contributed by atoms with van der Waals surface area (Å²) in [7, 11) is 0. The molecule has 1 aromatic heterocycles. The predicted molar refractivity (Wildman–Crippen MR) is 71.6 cm³/mol. The summed E-state index contributed by atoms with van der Waals surface area (Å²) in [5, 5.41) is 9.95. The van der Waals surface area contributed by atoms with E-state index in [4.69, 9.17) is 0 Å². The Bertz CT molecular complexity index is 662. The zero-order valence-corrected chi connectivity index (χ0v) is 11.1. The lowest BCUT2D eigenvalue weighted by molar-refractivity contribution is 0.450. The van der Waals surface area contributed by atoms with Crippen molar-refractivity contribution in [2.24, 2.45) is 0 Å². The molecule has 0 spiro atoms. The molecule has 1 fully saturated rings. The monoisotopic (exact) mass is 306 g/mol. The first-order valence-corrected chi connectivity index (χ1v) is 6.53. The SMILES string of the molecule is O=c1[nH]c(C2CC2)nc(O)c1-c1cccc(Br)c1. The fraction of sp³-hybridized carbons (Fsp3) is 0.231. The third-order valence-corrected chi connectivity index (χ3v) is 3.49. The molecule has 92 valence electrons. The highest BCUT2D eigenvalue weighted by Gasteiger charge is 2.27. The zero-order chi connectivity index (χ0) is 12.7. The second-order valence-electron chi connectivity index (χ2n) is 4.43. The van der Waals surface area contributed by atoms with Crippen molar-refractivity contribution in [3.05, 3.63) is 44.9 Å². The molecule has 2 aromatic rings. The average Bonchev–Trinajstić information content (AvgIpc) is 3.11. The third kappa shape index (κ3) is 2.06. The van der Waals surface area contributed by atoms with Crippen LogP contribution in [-0.4, -0.2) is 15.1 Å². The lowest BCUT2D eigenvalue weighted by atomic mass is 10.1. The van der Waals surface area contributed by atoms with E-state index in [2.05, 4.69) is 25.9 Å². The molecule has 2 N–H and O–H groups in total. The van der Waals surface area contributed by atoms with E-state index in [0.717, 1.165) is 17.3 Å². The molecule has 0 bridgehead atoms. The smallest absolute Gasteiger partial charge is 0.262 e. The molecule has 1 heterocycles. The van der Waals surface area contributed by atoms with Crippen LogP contribution in [-0.2, 0) is 0 Å². The largest absolute Gasteiger partial charge is 0.493 e. The molecular formula is C13H11BrN2O2. The molecule has 0 saturated heterocycles. The van der Waals surface area contributed by atoms with Gasteiger partial charge in [-0.25, -0.2) is 0 Å². The van der Waals surface area contributed by atoms with Gasteiger partial charge in [0.15, 0.2) is 0 Å². The van der Waals surface area contributed by atoms with Crippen LogP contribution in [0.2, 0.25) is 0 Å². The maximum Gasteiger partial charge on any atom is 0.262 e. The van der Waals surface area contributed by atoms with E-state index in [1.54, 1.807) is 12.1 Å². The van der Waals surface area contributed by atoms with E-state index in [-0.39, 0.29) is 17.0 Å². The van der Waals surface area contributed by atoms with Crippen LogP contribution in [0.1, 0.15) is 24.6 Å². The maximum atomic E-state index is 12.0. The van der Waals surface area contributed by atoms with Gasteiger partial charge in [-0.05, 0) is 30.5 Å². The molecule has 0 aliphatic heterocycles. The van der Waals surface area contributed by atoms with Gasteiger partial charge in [0.1, 0.15) is 11.4 Å². The molecule has 3 rings (SSSR count). The Balaban J connectivity index is 2.15. The number of halogens is 1. The highest BCUT2D eigenvalue weighted by Crippen LogP contribution is 2.38. The standard InChI is InChI=1S/C13H11BrN2O2/c14-9-3-1-2-8(6-9)10-12(17)15-11(7-4-5-7)16-13(10)18/h1-3,6-7H,4-5H2,(H2,15,16,17,18). The number of aromatic nitrogens is 2. The van der Waals surface area contributed by atoms with Gasteiger partial charge in [0.05, 0.1) is 0 Å². The van der Waals surface area contributed by atoms with Crippen molar-refractivity contribution < 1.29 is 5.11 Å². The molecule has 0 unspecified atom stereocenters. The van der Waals surface area contributed by atoms with E-state index in [1.165, 1.54) is 0 Å². The molecule has 0 amide bonds. The van der Waals surface area contributed by atoms with Crippen LogP contribution in [0.15, 0.2) is 33.5 Å². The minimum Gasteiger partial charge on any atom is -0.493 e. The summed E-state index contributed by atoms with van der Waals surface area (Å²) in [5.74, 6) is 0.704. The Labute approximate surface area is 112 Å². The van der Waals surface area contributed by atoms with Gasteiger partial charge in [-0.15, -0.1) is 0 Å². The van der Waals surface area contributed by atoms with Gasteiger partial charge in [-0.3, -0.25) is 4.79 Å². The summed E-state index contributed by atoms with van der Waals surface area (Å²) >= 11 is 3.34. The summed E-state index contributed by atoms with van der Waals surface area (Å²) in [6.07, 6.45) is 2.05. The average molecular weight is 307 g/mol. The summed E-state index contributed by atoms with van der Waals surface area (Å²) in [4.78, 5) is 18.9. The molecule has 1 aliphatic carbocycles. The summed E-state index contributed by atoms with van der Waals surface area (Å²) in [5.41, 5.74) is 0.584. The number of hydrogen-bond donors (Lipinski definition) is 2. The van der Waals surface area contributed by atoms with Crippen LogP contribution < -0.4 is 5.56 Å². The van der Waals surface area contributed by atoms with Crippen LogP contribution in [0.4, 0.5) is 0 Å². The van der Waals surface area contributed by atoms with E-state index in [9.17, 15) is 9.90 Å². The minimum atomic E-state index is -0.289. The van der Waals surface area contributed by atoms with Gasteiger partial charge in [0, 0.05) is 10.4 Å². The van der Waals surface area contributed by atoms with Crippen LogP contribution in [0, 0.1) is 0 Å². The Morgan fingerprint density at radius 2 is 2.17 bits per heavy atom. The highest BCUT2D eigenvalue weighted by molar-refractivity contribution is 9.10. The summed E-state index contributed by atoms with van der Waals surface area (Å²) in [6.45, 7) is 0. The molecule has 18 heavy (non-hydrogen) atoms. The third-order valence-electron chi connectivity index (χ3n) is 3.00. The molecule has 0 radical (unpaired) electrons. The Morgan fingerprint density at radius 1 is 1.39 bits per heavy atom. The molecular weight excluding hydrogens is 296 g/mol. The van der Waals surface area contributed by atoms with Gasteiger partial charge in [0.25, 0.3) is 5.56 Å². The van der Waals surface area contributed by atoms with Crippen molar-refractivity contribution in [3.8, 4) is 17.0 Å². The number of rotatable bonds is 2. The second-order valence-corrected chi connectivity index (χ2v) is 5.35. The van der Waals surface area contributed by atoms with E-state index in [0.29, 0.717) is 17.3 Å². The fourth-order valence-electron chi connectivity index (χ4n) is 1.93. The van der Waals surface area contributed by atoms with Gasteiger partial charge in [0.2, 0.25) is 5.88 Å². The molecule has 0 atom stereocenters. The lowest BCUT2D eigenvalue weighted by Gasteiger charge is -2.05. The van der Waals surface area contributed by atoms with Crippen molar-refractivity contribution in [1.82, 2.24) is 9.97 Å². The van der Waals surface area contributed by atoms with Crippen molar-refractivity contribution >= 4 is 15.9 Å². The number of aromatic hydroxyl groups is 1. The van der Waals surface area contributed by atoms with Gasteiger partial charge >= 0.3 is 0 Å². The van der Waals surface area contributed by atoms with Gasteiger partial charge in [-0.1, -0.05) is 28.1 Å². The van der Waals surface area contributed by atoms with Crippen molar-refractivity contribution in [3.63, 3.8) is 0 Å². The lowest BCUT2D eigenvalue weighted by Crippen LogP contribution is -2.13. The van der Waals surface area contributed by atoms with Crippen molar-refractivity contribution in [2.75, 3.05) is 0 Å². The van der Waals surface area contributed by atoms with E-state index >= 15 is 0 Å². The quantitative estimate of drug-likeness (QED) is 0.896. The van der Waals surface area contributed by atoms with Gasteiger partial charge < -0.3 is 10.1 Å². The summed E-state index contributed by atoms with van der Waals surface area (Å²) in [6, 6.07) is 7.23. The number of benzene rings is 1. The molecule has 4 nitrogen and oxygen atoms in total. The van der Waals surface area contributed by atoms with Crippen molar-refractivity contribution in [2.45, 2.75) is 18.8 Å². The minimum absolute atomic E-state index is 0.196. The van der Waals surface area contributed by atoms with Crippen LogP contribution in [0.3, 0.4) is 0 Å². The number of H-pyrrole nitrogens is 1. The number of nitrogens with one attached hydrogen (secondary N) is 1. The summed E-state index contributed by atoms with van der Waals surface area (Å²) < 4.78 is 0.852. The molecule has 1 aromatic carbocycles. The Hall–Kier alpha value is -1.62. The molecule has 1 aliphatic rings. The van der Waals surface area contributed by atoms with Crippen molar-refractivity contribution in [1.29, 1.82) is 0 Å². The van der Waals surface area contributed by atoms with E-state index in [1.807, 2.05) is 12.1 Å². The fourth-order valence-corrected chi connectivity index (χ4v) is 2.33. The van der Waals surface area contributed by atoms with E-state index < -0.39 is 0 Å². The van der Waals surface area contributed by atoms with Gasteiger partial charge in [-0.2, -0.15) is 4.98 Å². The normalized spacial score (nSPS) is 14.7. The van der Waals surface area contributed by atoms with Crippen LogP contribution >= 0.6 is 15.9 Å². The molecule has 5 heteroatoms. The molecule has 1 saturated carbocycles. The highest BCUT2D eigenvalue weighted by atomic mass is 79.9. The zero-order valence-electron chi connectivity index (χ0n) is 9.48. The van der Waals surface area contributed by atoms with Crippen LogP contribution in [0.5, 0.6) is 5.88 Å². The second kappa shape index (κ2) is 4.24. The first kappa shape index (κ1) is 11.5. The maximum absolute atomic E-state index is 12.0. The van der Waals surface area contributed by atoms with Crippen LogP contribution in [0.25, 0.3) is 11.1 Å². The Kier molecular flexibility index (Phi) is 2.70. The topological polar surface area (TPSA) is 66.0 Å². The first-order valence-electron chi connectivity index (χ1n) is 5.74.